The lowest BCUT2D eigenvalue weighted by atomic mass is 9.85. The summed E-state index contributed by atoms with van der Waals surface area (Å²) in [4.78, 5) is 27.1. The van der Waals surface area contributed by atoms with Crippen molar-refractivity contribution in [1.82, 2.24) is 0 Å². The van der Waals surface area contributed by atoms with Gasteiger partial charge in [-0.15, -0.1) is 0 Å². The average Bonchev–Trinajstić information content (AvgIpc) is 3.37. The minimum Gasteiger partial charge on any atom is -0.377 e. The summed E-state index contributed by atoms with van der Waals surface area (Å²) in [6, 6.07) is 11.7. The maximum atomic E-state index is 13.1. The van der Waals surface area contributed by atoms with Crippen LogP contribution in [0.4, 0.5) is 5.69 Å². The molecule has 2 aromatic rings. The van der Waals surface area contributed by atoms with Crippen LogP contribution in [0.5, 0.6) is 5.75 Å². The highest BCUT2D eigenvalue weighted by Gasteiger charge is 2.60. The van der Waals surface area contributed by atoms with Crippen LogP contribution in [0.25, 0.3) is 0 Å². The second kappa shape index (κ2) is 6.43. The molecule has 1 heterocycles. The van der Waals surface area contributed by atoms with Gasteiger partial charge in [-0.2, -0.15) is 8.42 Å². The number of fused-ring (bicyclic) bond motifs is 5. The number of hydrogen-bond acceptors (Lipinski definition) is 5. The lowest BCUT2D eigenvalue weighted by Crippen LogP contribution is -2.33. The predicted molar refractivity (Wildman–Crippen MR) is 106 cm³/mol. The van der Waals surface area contributed by atoms with E-state index in [-0.39, 0.29) is 51.8 Å². The fraction of sp³-hybridized carbons (Fsp3) is 0.238. The average molecular weight is 430 g/mol. The number of imide groups is 1. The van der Waals surface area contributed by atoms with Crippen LogP contribution < -0.4 is 9.08 Å². The largest absolute Gasteiger partial charge is 0.377 e. The molecule has 0 spiro atoms. The number of halogens is 1. The van der Waals surface area contributed by atoms with Gasteiger partial charge in [0.15, 0.2) is 5.75 Å². The molecule has 2 aliphatic carbocycles. The van der Waals surface area contributed by atoms with Gasteiger partial charge in [-0.25, -0.2) is 4.90 Å². The molecule has 0 radical (unpaired) electrons. The Labute approximate surface area is 172 Å². The quantitative estimate of drug-likeness (QED) is 0.422. The third-order valence-electron chi connectivity index (χ3n) is 5.88. The van der Waals surface area contributed by atoms with Crippen LogP contribution in [0.15, 0.2) is 65.6 Å². The number of benzene rings is 2. The normalized spacial score (nSPS) is 27.6. The molecule has 2 amide bonds. The minimum absolute atomic E-state index is 0.0653. The first-order chi connectivity index (χ1) is 13.9. The number of allylic oxidation sites excluding steroid dienone is 2. The second-order valence-electron chi connectivity index (χ2n) is 7.47. The van der Waals surface area contributed by atoms with E-state index in [2.05, 4.69) is 0 Å². The summed E-state index contributed by atoms with van der Waals surface area (Å²) in [5.74, 6) is -1.27. The SMILES string of the molecule is O=C1[C@@H]2[C@@H](C(=O)N1c1ccccc1OS(=O)(=O)c1ccc(Cl)cc1)[C@H]1C=C[C@@H]2C1. The molecule has 4 atom stereocenters. The Morgan fingerprint density at radius 1 is 0.897 bits per heavy atom. The van der Waals surface area contributed by atoms with Crippen molar-refractivity contribution in [2.45, 2.75) is 11.3 Å². The van der Waals surface area contributed by atoms with Gasteiger partial charge in [0, 0.05) is 5.02 Å². The van der Waals surface area contributed by atoms with Gasteiger partial charge in [0.05, 0.1) is 17.5 Å². The minimum atomic E-state index is -4.17. The molecule has 2 bridgehead atoms. The molecule has 8 heteroatoms. The Morgan fingerprint density at radius 2 is 1.48 bits per heavy atom. The molecule has 2 aromatic carbocycles. The van der Waals surface area contributed by atoms with Crippen LogP contribution >= 0.6 is 11.6 Å². The van der Waals surface area contributed by atoms with E-state index in [9.17, 15) is 18.0 Å². The van der Waals surface area contributed by atoms with E-state index in [1.54, 1.807) is 12.1 Å². The van der Waals surface area contributed by atoms with E-state index in [4.69, 9.17) is 15.8 Å². The topological polar surface area (TPSA) is 80.8 Å². The van der Waals surface area contributed by atoms with Gasteiger partial charge in [0.25, 0.3) is 0 Å². The second-order valence-corrected chi connectivity index (χ2v) is 9.45. The van der Waals surface area contributed by atoms with Gasteiger partial charge in [-0.1, -0.05) is 35.9 Å². The molecule has 29 heavy (non-hydrogen) atoms. The molecule has 0 N–H and O–H groups in total. The van der Waals surface area contributed by atoms with Crippen LogP contribution in [0.3, 0.4) is 0 Å². The van der Waals surface area contributed by atoms with Gasteiger partial charge in [-0.05, 0) is 54.7 Å². The van der Waals surface area contributed by atoms with Crippen LogP contribution in [0, 0.1) is 23.7 Å². The van der Waals surface area contributed by atoms with E-state index >= 15 is 0 Å². The lowest BCUT2D eigenvalue weighted by molar-refractivity contribution is -0.123. The van der Waals surface area contributed by atoms with Crippen molar-refractivity contribution in [3.63, 3.8) is 0 Å². The summed E-state index contributed by atoms with van der Waals surface area (Å²) >= 11 is 5.82. The van der Waals surface area contributed by atoms with Crippen molar-refractivity contribution < 1.29 is 22.2 Å². The summed E-state index contributed by atoms with van der Waals surface area (Å²) in [6.07, 6.45) is 4.84. The van der Waals surface area contributed by atoms with E-state index in [0.717, 1.165) is 11.3 Å². The molecular weight excluding hydrogens is 414 g/mol. The first-order valence-corrected chi connectivity index (χ1v) is 11.0. The van der Waals surface area contributed by atoms with E-state index in [1.165, 1.54) is 36.4 Å². The number of para-hydroxylation sites is 2. The Kier molecular flexibility index (Phi) is 4.08. The number of anilines is 1. The monoisotopic (exact) mass is 429 g/mol. The van der Waals surface area contributed by atoms with Gasteiger partial charge < -0.3 is 4.18 Å². The van der Waals surface area contributed by atoms with Crippen LogP contribution in [-0.4, -0.2) is 20.2 Å². The summed E-state index contributed by atoms with van der Waals surface area (Å²) in [5.41, 5.74) is 0.147. The third kappa shape index (κ3) is 2.80. The van der Waals surface area contributed by atoms with Crippen LogP contribution in [0.1, 0.15) is 6.42 Å². The first-order valence-electron chi connectivity index (χ1n) is 9.22. The van der Waals surface area contributed by atoms with Gasteiger partial charge in [0.2, 0.25) is 11.8 Å². The zero-order valence-corrected chi connectivity index (χ0v) is 16.6. The summed E-state index contributed by atoms with van der Waals surface area (Å²) in [6.45, 7) is 0. The number of rotatable bonds is 4. The highest BCUT2D eigenvalue weighted by Crippen LogP contribution is 2.54. The molecule has 6 nitrogen and oxygen atoms in total. The fourth-order valence-electron chi connectivity index (χ4n) is 4.62. The highest BCUT2D eigenvalue weighted by atomic mass is 35.5. The highest BCUT2D eigenvalue weighted by molar-refractivity contribution is 7.87. The van der Waals surface area contributed by atoms with Crippen molar-refractivity contribution in [1.29, 1.82) is 0 Å². The maximum absolute atomic E-state index is 13.1. The fourth-order valence-corrected chi connectivity index (χ4v) is 5.69. The van der Waals surface area contributed by atoms with Crippen LogP contribution in [-0.2, 0) is 19.7 Å². The smallest absolute Gasteiger partial charge is 0.339 e. The molecule has 1 saturated heterocycles. The van der Waals surface area contributed by atoms with E-state index in [1.807, 2.05) is 12.2 Å². The number of carbonyl (C=O) groups excluding carboxylic acids is 2. The van der Waals surface area contributed by atoms with Gasteiger partial charge in [0.1, 0.15) is 4.90 Å². The van der Waals surface area contributed by atoms with E-state index in [0.29, 0.717) is 5.02 Å². The van der Waals surface area contributed by atoms with Crippen molar-refractivity contribution in [3.8, 4) is 5.75 Å². The Morgan fingerprint density at radius 3 is 2.10 bits per heavy atom. The standard InChI is InChI=1S/C21H16ClNO5S/c22-14-7-9-15(10-8-14)29(26,27)28-17-4-2-1-3-16(17)23-20(24)18-12-5-6-13(11-12)19(18)21(23)25/h1-10,12-13,18-19H,11H2/t12-,13+,18-,19-/m0/s1. The van der Waals surface area contributed by atoms with Crippen LogP contribution in [0.2, 0.25) is 5.02 Å². The molecule has 2 fully saturated rings. The zero-order chi connectivity index (χ0) is 20.3. The number of hydrogen-bond donors (Lipinski definition) is 0. The molecular formula is C21H16ClNO5S. The maximum Gasteiger partial charge on any atom is 0.339 e. The molecule has 148 valence electrons. The molecule has 0 aromatic heterocycles. The summed E-state index contributed by atoms with van der Waals surface area (Å²) < 4.78 is 30.7. The summed E-state index contributed by atoms with van der Waals surface area (Å²) in [5, 5.41) is 0.396. The van der Waals surface area contributed by atoms with Crippen molar-refractivity contribution >= 4 is 39.2 Å². The molecule has 0 unspecified atom stereocenters. The Bertz CT molecular complexity index is 1130. The van der Waals surface area contributed by atoms with Gasteiger partial charge in [-0.3, -0.25) is 9.59 Å². The third-order valence-corrected chi connectivity index (χ3v) is 7.38. The van der Waals surface area contributed by atoms with Crippen molar-refractivity contribution in [2.24, 2.45) is 23.7 Å². The lowest BCUT2D eigenvalue weighted by Gasteiger charge is -2.20. The summed E-state index contributed by atoms with van der Waals surface area (Å²) in [7, 11) is -4.17. The van der Waals surface area contributed by atoms with Crippen molar-refractivity contribution in [3.05, 3.63) is 65.7 Å². The molecule has 1 saturated carbocycles. The van der Waals surface area contributed by atoms with E-state index < -0.39 is 10.1 Å². The first kappa shape index (κ1) is 18.4. The molecule has 1 aliphatic heterocycles. The predicted octanol–water partition coefficient (Wildman–Crippen LogP) is 3.42. The Balaban J connectivity index is 1.50. The molecule has 5 rings (SSSR count). The van der Waals surface area contributed by atoms with Crippen molar-refractivity contribution in [2.75, 3.05) is 4.90 Å². The number of nitrogens with zero attached hydrogens (tertiary/aromatic N) is 1. The number of amides is 2. The Hall–Kier alpha value is -2.64. The van der Waals surface area contributed by atoms with Gasteiger partial charge >= 0.3 is 10.1 Å². The zero-order valence-electron chi connectivity index (χ0n) is 15.1. The molecule has 3 aliphatic rings. The number of carbonyl (C=O) groups is 2.